The molecule has 4 aliphatic carbocycles. The van der Waals surface area contributed by atoms with Crippen molar-refractivity contribution in [1.29, 1.82) is 0 Å². The minimum atomic E-state index is -0.741. The lowest BCUT2D eigenvalue weighted by Gasteiger charge is -2.60. The smallest absolute Gasteiger partial charge is 0.404 e. The summed E-state index contributed by atoms with van der Waals surface area (Å²) in [5.74, 6) is 0.123. The van der Waals surface area contributed by atoms with E-state index in [2.05, 4.69) is 21.0 Å². The van der Waals surface area contributed by atoms with Gasteiger partial charge >= 0.3 is 11.8 Å². The van der Waals surface area contributed by atoms with Crippen LogP contribution in [0.4, 0.5) is 5.82 Å². The molecule has 1 heterocycles. The summed E-state index contributed by atoms with van der Waals surface area (Å²) in [6.45, 7) is 0. The molecule has 4 fully saturated rings. The van der Waals surface area contributed by atoms with Gasteiger partial charge in [-0.3, -0.25) is 4.79 Å². The van der Waals surface area contributed by atoms with E-state index in [0.29, 0.717) is 16.3 Å². The average Bonchev–Trinajstić information content (AvgIpc) is 2.78. The third-order valence-corrected chi connectivity index (χ3v) is 6.55. The van der Waals surface area contributed by atoms with Crippen molar-refractivity contribution in [2.45, 2.75) is 50.5 Å². The first-order valence-corrected chi connectivity index (χ1v) is 8.72. The zero-order chi connectivity index (χ0) is 16.4. The number of carboxylic acids is 1. The van der Waals surface area contributed by atoms with Gasteiger partial charge in [0.1, 0.15) is 4.47 Å². The Labute approximate surface area is 141 Å². The fourth-order valence-corrected chi connectivity index (χ4v) is 6.33. The minimum absolute atomic E-state index is 0.159. The van der Waals surface area contributed by atoms with Gasteiger partial charge in [-0.25, -0.2) is 0 Å². The van der Waals surface area contributed by atoms with Crippen LogP contribution in [0.25, 0.3) is 0 Å². The third-order valence-electron chi connectivity index (χ3n) is 5.99. The Hall–Kier alpha value is -1.44. The molecule has 0 radical (unpaired) electrons. The number of aliphatic carboxylic acids is 1. The summed E-state index contributed by atoms with van der Waals surface area (Å²) in [5.41, 5.74) is -0.417. The summed E-state index contributed by atoms with van der Waals surface area (Å²) >= 11 is 3.23. The highest BCUT2D eigenvalue weighted by atomic mass is 79.9. The van der Waals surface area contributed by atoms with Crippen molar-refractivity contribution in [3.8, 4) is 0 Å². The summed E-state index contributed by atoms with van der Waals surface area (Å²) < 4.78 is 2.16. The van der Waals surface area contributed by atoms with Crippen molar-refractivity contribution in [2.75, 3.05) is 0 Å². The van der Waals surface area contributed by atoms with E-state index in [0.717, 1.165) is 38.5 Å². The summed E-state index contributed by atoms with van der Waals surface area (Å²) in [5, 5.41) is 24.7. The van der Waals surface area contributed by atoms with E-state index in [1.807, 2.05) is 0 Å². The molecule has 8 heteroatoms. The van der Waals surface area contributed by atoms with E-state index in [-0.39, 0.29) is 23.2 Å². The second-order valence-corrected chi connectivity index (χ2v) is 8.61. The maximum atomic E-state index is 11.4. The molecule has 1 N–H and O–H groups in total. The molecule has 2 atom stereocenters. The van der Waals surface area contributed by atoms with Crippen molar-refractivity contribution >= 4 is 27.7 Å². The fourth-order valence-electron chi connectivity index (χ4n) is 5.91. The Morgan fingerprint density at radius 2 is 2.09 bits per heavy atom. The quantitative estimate of drug-likeness (QED) is 0.634. The summed E-state index contributed by atoms with van der Waals surface area (Å²) in [6, 6.07) is 0. The Morgan fingerprint density at radius 1 is 1.43 bits per heavy atom. The van der Waals surface area contributed by atoms with Gasteiger partial charge in [-0.2, -0.15) is 4.68 Å². The van der Waals surface area contributed by atoms with Crippen molar-refractivity contribution in [1.82, 2.24) is 9.78 Å². The van der Waals surface area contributed by atoms with Crippen LogP contribution in [-0.4, -0.2) is 25.8 Å². The number of rotatable bonds is 4. The SMILES string of the molecule is O=C(O)CC12CC3CC(C1)CC(n1cc(Br)c([N+](=O)[O-])n1)(C3)C2. The Kier molecular flexibility index (Phi) is 3.14. The number of carbonyl (C=O) groups is 1. The van der Waals surface area contributed by atoms with Gasteiger partial charge < -0.3 is 15.2 Å². The lowest BCUT2D eigenvalue weighted by atomic mass is 9.46. The molecular weight excluding hydrogens is 366 g/mol. The van der Waals surface area contributed by atoms with Crippen LogP contribution in [0.1, 0.15) is 44.9 Å². The number of nitro groups is 1. The molecule has 0 spiro atoms. The van der Waals surface area contributed by atoms with Crippen molar-refractivity contribution in [3.63, 3.8) is 0 Å². The monoisotopic (exact) mass is 383 g/mol. The van der Waals surface area contributed by atoms with E-state index in [1.165, 1.54) is 0 Å². The Bertz CT molecular complexity index is 687. The summed E-state index contributed by atoms with van der Waals surface area (Å²) in [6.07, 6.45) is 7.70. The minimum Gasteiger partial charge on any atom is -0.481 e. The van der Waals surface area contributed by atoms with Gasteiger partial charge in [0.05, 0.1) is 23.3 Å². The topological polar surface area (TPSA) is 98.3 Å². The van der Waals surface area contributed by atoms with E-state index >= 15 is 0 Å². The molecule has 4 saturated carbocycles. The van der Waals surface area contributed by atoms with Crippen molar-refractivity contribution in [3.05, 3.63) is 20.8 Å². The second kappa shape index (κ2) is 4.78. The van der Waals surface area contributed by atoms with Gasteiger partial charge in [0, 0.05) is 0 Å². The van der Waals surface area contributed by atoms with Crippen LogP contribution < -0.4 is 0 Å². The average molecular weight is 384 g/mol. The van der Waals surface area contributed by atoms with E-state index in [4.69, 9.17) is 0 Å². The molecule has 0 aromatic carbocycles. The van der Waals surface area contributed by atoms with Crippen LogP contribution in [0.15, 0.2) is 10.7 Å². The molecule has 2 unspecified atom stereocenters. The summed E-state index contributed by atoms with van der Waals surface area (Å²) in [4.78, 5) is 22.0. The van der Waals surface area contributed by atoms with Crippen LogP contribution in [0.3, 0.4) is 0 Å². The predicted molar refractivity (Wildman–Crippen MR) is 83.9 cm³/mol. The van der Waals surface area contributed by atoms with Gasteiger partial charge in [0.2, 0.25) is 0 Å². The van der Waals surface area contributed by atoms with E-state index < -0.39 is 10.9 Å². The molecule has 4 bridgehead atoms. The first-order chi connectivity index (χ1) is 10.8. The molecular formula is C15H18BrN3O4. The molecule has 23 heavy (non-hydrogen) atoms. The van der Waals surface area contributed by atoms with Gasteiger partial charge in [0.15, 0.2) is 0 Å². The van der Waals surface area contributed by atoms with Crippen LogP contribution in [0.5, 0.6) is 0 Å². The maximum Gasteiger partial charge on any atom is 0.404 e. The number of hydrogen-bond acceptors (Lipinski definition) is 4. The van der Waals surface area contributed by atoms with Crippen LogP contribution in [-0.2, 0) is 10.3 Å². The molecule has 1 aromatic rings. The lowest BCUT2D eigenvalue weighted by molar-refractivity contribution is -0.390. The van der Waals surface area contributed by atoms with Gasteiger partial charge in [0.25, 0.3) is 0 Å². The second-order valence-electron chi connectivity index (χ2n) is 7.76. The molecule has 5 rings (SSSR count). The van der Waals surface area contributed by atoms with E-state index in [1.54, 1.807) is 10.9 Å². The Balaban J connectivity index is 1.74. The first kappa shape index (κ1) is 15.1. The van der Waals surface area contributed by atoms with Gasteiger partial charge in [-0.05, 0) is 76.6 Å². The summed E-state index contributed by atoms with van der Waals surface area (Å²) in [7, 11) is 0. The lowest BCUT2D eigenvalue weighted by Crippen LogP contribution is -2.57. The van der Waals surface area contributed by atoms with Gasteiger partial charge in [-0.1, -0.05) is 0 Å². The highest BCUT2D eigenvalue weighted by Crippen LogP contribution is 2.65. The van der Waals surface area contributed by atoms with E-state index in [9.17, 15) is 20.0 Å². The predicted octanol–water partition coefficient (Wildman–Crippen LogP) is 3.32. The molecule has 0 aliphatic heterocycles. The number of carboxylic acid groups (broad SMARTS) is 1. The first-order valence-electron chi connectivity index (χ1n) is 7.93. The zero-order valence-electron chi connectivity index (χ0n) is 12.6. The van der Waals surface area contributed by atoms with Gasteiger partial charge in [-0.15, -0.1) is 0 Å². The van der Waals surface area contributed by atoms with Crippen LogP contribution in [0, 0.1) is 27.4 Å². The van der Waals surface area contributed by atoms with Crippen LogP contribution in [0.2, 0.25) is 0 Å². The maximum absolute atomic E-state index is 11.4. The van der Waals surface area contributed by atoms with Crippen molar-refractivity contribution in [2.24, 2.45) is 17.3 Å². The highest BCUT2D eigenvalue weighted by Gasteiger charge is 2.60. The molecule has 0 saturated heterocycles. The molecule has 124 valence electrons. The molecule has 7 nitrogen and oxygen atoms in total. The molecule has 4 aliphatic rings. The number of hydrogen-bond donors (Lipinski definition) is 1. The third kappa shape index (κ3) is 2.29. The standard InChI is InChI=1S/C15H18BrN3O4/c16-11-7-18(17-13(11)19(22)23)15-4-9-1-10(5-15)3-14(2-9,8-15)6-12(20)21/h7,9-10H,1-6,8H2,(H,20,21). The highest BCUT2D eigenvalue weighted by molar-refractivity contribution is 9.10. The number of aromatic nitrogens is 2. The zero-order valence-corrected chi connectivity index (χ0v) is 14.2. The van der Waals surface area contributed by atoms with Crippen molar-refractivity contribution < 1.29 is 14.8 Å². The number of nitrogens with zero attached hydrogens (tertiary/aromatic N) is 3. The number of halogens is 1. The van der Waals surface area contributed by atoms with Crippen LogP contribution >= 0.6 is 15.9 Å². The fraction of sp³-hybridized carbons (Fsp3) is 0.733. The molecule has 1 aromatic heterocycles. The Morgan fingerprint density at radius 3 is 2.61 bits per heavy atom. The molecule has 0 amide bonds. The largest absolute Gasteiger partial charge is 0.481 e. The normalized spacial score (nSPS) is 38.0.